The number of nitriles is 1. The van der Waals surface area contributed by atoms with Gasteiger partial charge in [0.1, 0.15) is 17.4 Å². The Hall–Kier alpha value is -4.69. The zero-order valence-corrected chi connectivity index (χ0v) is 20.3. The van der Waals surface area contributed by atoms with Crippen molar-refractivity contribution in [3.63, 3.8) is 0 Å². The lowest BCUT2D eigenvalue weighted by atomic mass is 9.82. The van der Waals surface area contributed by atoms with Gasteiger partial charge in [0.2, 0.25) is 11.8 Å². The van der Waals surface area contributed by atoms with Crippen molar-refractivity contribution in [3.05, 3.63) is 65.0 Å². The molecule has 5 rings (SSSR count). The molecular weight excluding hydrogens is 478 g/mol. The number of rotatable bonds is 5. The molecule has 1 aromatic heterocycles. The van der Waals surface area contributed by atoms with Crippen molar-refractivity contribution < 1.29 is 28.5 Å². The van der Waals surface area contributed by atoms with E-state index in [2.05, 4.69) is 16.3 Å². The number of H-pyrrole nitrogens is 1. The Labute approximate surface area is 212 Å². The highest BCUT2D eigenvalue weighted by molar-refractivity contribution is 5.76. The van der Waals surface area contributed by atoms with Gasteiger partial charge in [0, 0.05) is 24.2 Å². The number of allylic oxidation sites excluding steroid dienone is 1. The van der Waals surface area contributed by atoms with Crippen molar-refractivity contribution in [2.45, 2.75) is 5.92 Å². The average molecular weight is 504 g/mol. The lowest BCUT2D eigenvalue weighted by Gasteiger charge is -2.28. The minimum Gasteiger partial charge on any atom is -0.497 e. The molecule has 11 heteroatoms. The molecular formula is C26H25N5O6. The zero-order chi connectivity index (χ0) is 25.9. The van der Waals surface area contributed by atoms with E-state index in [0.29, 0.717) is 54.6 Å². The van der Waals surface area contributed by atoms with E-state index in [4.69, 9.17) is 29.4 Å². The van der Waals surface area contributed by atoms with Crippen molar-refractivity contribution in [2.24, 2.45) is 5.73 Å². The number of morpholine rings is 1. The SMILES string of the molecule is COc1ccc(-c2[nH]nc3c2C(c2cccc(OC)c2OC(=O)N2CCOCC2)C(C#N)=C(N)O3)cc1. The first-order valence-corrected chi connectivity index (χ1v) is 11.6. The number of nitrogens with two attached hydrogens (primary N) is 1. The molecule has 190 valence electrons. The van der Waals surface area contributed by atoms with Gasteiger partial charge >= 0.3 is 6.09 Å². The minimum atomic E-state index is -0.757. The van der Waals surface area contributed by atoms with Crippen LogP contribution >= 0.6 is 0 Å². The van der Waals surface area contributed by atoms with Crippen molar-refractivity contribution in [1.29, 1.82) is 5.26 Å². The van der Waals surface area contributed by atoms with Gasteiger partial charge in [0.05, 0.1) is 44.6 Å². The number of amides is 1. The molecule has 1 fully saturated rings. The van der Waals surface area contributed by atoms with Crippen molar-refractivity contribution in [2.75, 3.05) is 40.5 Å². The van der Waals surface area contributed by atoms with E-state index in [1.165, 1.54) is 7.11 Å². The number of para-hydroxylation sites is 1. The third-order valence-electron chi connectivity index (χ3n) is 6.32. The van der Waals surface area contributed by atoms with Crippen LogP contribution < -0.4 is 24.7 Å². The summed E-state index contributed by atoms with van der Waals surface area (Å²) in [6.07, 6.45) is -0.542. The van der Waals surface area contributed by atoms with Crippen molar-refractivity contribution in [1.82, 2.24) is 15.1 Å². The van der Waals surface area contributed by atoms with E-state index in [1.807, 2.05) is 24.3 Å². The molecule has 0 saturated carbocycles. The van der Waals surface area contributed by atoms with Crippen LogP contribution in [0.5, 0.6) is 23.1 Å². The minimum absolute atomic E-state index is 0.0824. The standard InChI is InChI=1S/C26H25N5O6/c1-33-16-8-6-15(7-9-16)22-21-20(18(14-27)24(28)37-25(21)30-29-22)17-4-3-5-19(34-2)23(17)36-26(32)31-10-12-35-13-11-31/h3-9,20H,10-13,28H2,1-2H3,(H,29,30). The number of hydrogen-bond acceptors (Lipinski definition) is 9. The van der Waals surface area contributed by atoms with E-state index in [0.717, 1.165) is 5.56 Å². The Morgan fingerprint density at radius 1 is 1.16 bits per heavy atom. The lowest BCUT2D eigenvalue weighted by molar-refractivity contribution is 0.0412. The highest BCUT2D eigenvalue weighted by Gasteiger charge is 2.38. The predicted molar refractivity (Wildman–Crippen MR) is 131 cm³/mol. The molecule has 3 aromatic rings. The molecule has 0 radical (unpaired) electrons. The highest BCUT2D eigenvalue weighted by atomic mass is 16.6. The monoisotopic (exact) mass is 503 g/mol. The van der Waals surface area contributed by atoms with Crippen LogP contribution in [0.4, 0.5) is 4.79 Å². The molecule has 3 heterocycles. The van der Waals surface area contributed by atoms with E-state index in [1.54, 1.807) is 30.2 Å². The number of nitrogens with zero attached hydrogens (tertiary/aromatic N) is 3. The molecule has 37 heavy (non-hydrogen) atoms. The number of ether oxygens (including phenoxy) is 5. The maximum Gasteiger partial charge on any atom is 0.415 e. The molecule has 2 aromatic carbocycles. The summed E-state index contributed by atoms with van der Waals surface area (Å²) in [4.78, 5) is 14.6. The van der Waals surface area contributed by atoms with Gasteiger partial charge < -0.3 is 34.3 Å². The van der Waals surface area contributed by atoms with E-state index in [9.17, 15) is 10.1 Å². The second-order valence-electron chi connectivity index (χ2n) is 8.32. The fraction of sp³-hybridized carbons (Fsp3) is 0.269. The van der Waals surface area contributed by atoms with Gasteiger partial charge in [-0.3, -0.25) is 5.10 Å². The topological polar surface area (TPSA) is 145 Å². The second kappa shape index (κ2) is 10.1. The number of aromatic nitrogens is 2. The Balaban J connectivity index is 1.65. The molecule has 1 unspecified atom stereocenters. The van der Waals surface area contributed by atoms with Gasteiger partial charge in [0.15, 0.2) is 11.5 Å². The normalized spacial score (nSPS) is 16.9. The number of methoxy groups -OCH3 is 2. The Bertz CT molecular complexity index is 1390. The van der Waals surface area contributed by atoms with E-state index >= 15 is 0 Å². The molecule has 0 spiro atoms. The maximum atomic E-state index is 13.1. The third-order valence-corrected chi connectivity index (χ3v) is 6.32. The molecule has 11 nitrogen and oxygen atoms in total. The third kappa shape index (κ3) is 4.39. The number of carbonyl (C=O) groups is 1. The van der Waals surface area contributed by atoms with E-state index in [-0.39, 0.29) is 23.1 Å². The summed E-state index contributed by atoms with van der Waals surface area (Å²) in [5, 5.41) is 17.4. The lowest BCUT2D eigenvalue weighted by Crippen LogP contribution is -2.42. The molecule has 1 amide bonds. The molecule has 1 saturated heterocycles. The molecule has 2 aliphatic rings. The Morgan fingerprint density at radius 3 is 2.59 bits per heavy atom. The fourth-order valence-electron chi connectivity index (χ4n) is 4.46. The molecule has 0 bridgehead atoms. The highest BCUT2D eigenvalue weighted by Crippen LogP contribution is 2.49. The summed E-state index contributed by atoms with van der Waals surface area (Å²) in [5.41, 5.74) is 8.80. The molecule has 0 aliphatic carbocycles. The first-order valence-electron chi connectivity index (χ1n) is 11.6. The van der Waals surface area contributed by atoms with Crippen LogP contribution in [0.2, 0.25) is 0 Å². The first kappa shape index (κ1) is 24.0. The zero-order valence-electron chi connectivity index (χ0n) is 20.3. The van der Waals surface area contributed by atoms with Crippen LogP contribution in [0.1, 0.15) is 17.0 Å². The number of hydrogen-bond donors (Lipinski definition) is 2. The van der Waals surface area contributed by atoms with E-state index < -0.39 is 12.0 Å². The summed E-state index contributed by atoms with van der Waals surface area (Å²) in [6, 6.07) is 14.7. The fourth-order valence-corrected chi connectivity index (χ4v) is 4.46. The summed E-state index contributed by atoms with van der Waals surface area (Å²) < 4.78 is 27.8. The number of aromatic amines is 1. The molecule has 2 aliphatic heterocycles. The van der Waals surface area contributed by atoms with Gasteiger partial charge in [-0.05, 0) is 30.3 Å². The largest absolute Gasteiger partial charge is 0.497 e. The number of nitrogens with one attached hydrogen (secondary N) is 1. The number of benzene rings is 2. The number of fused-ring (bicyclic) bond motifs is 1. The molecule has 1 atom stereocenters. The van der Waals surface area contributed by atoms with Gasteiger partial charge in [0.25, 0.3) is 0 Å². The van der Waals surface area contributed by atoms with Crippen LogP contribution in [0, 0.1) is 11.3 Å². The summed E-state index contributed by atoms with van der Waals surface area (Å²) in [7, 11) is 3.07. The van der Waals surface area contributed by atoms with Crippen LogP contribution in [0.3, 0.4) is 0 Å². The van der Waals surface area contributed by atoms with Gasteiger partial charge in [-0.1, -0.05) is 12.1 Å². The van der Waals surface area contributed by atoms with Gasteiger partial charge in [-0.15, -0.1) is 5.10 Å². The van der Waals surface area contributed by atoms with Gasteiger partial charge in [-0.25, -0.2) is 4.79 Å². The van der Waals surface area contributed by atoms with Gasteiger partial charge in [-0.2, -0.15) is 5.26 Å². The first-order chi connectivity index (χ1) is 18.0. The van der Waals surface area contributed by atoms with Crippen molar-refractivity contribution >= 4 is 6.09 Å². The second-order valence-corrected chi connectivity index (χ2v) is 8.32. The predicted octanol–water partition coefficient (Wildman–Crippen LogP) is 3.14. The Morgan fingerprint density at radius 2 is 1.92 bits per heavy atom. The maximum absolute atomic E-state index is 13.1. The van der Waals surface area contributed by atoms with Crippen LogP contribution in [-0.4, -0.2) is 61.7 Å². The number of carbonyl (C=O) groups excluding carboxylic acids is 1. The summed E-state index contributed by atoms with van der Waals surface area (Å²) in [5.74, 6) is 0.588. The van der Waals surface area contributed by atoms with Crippen LogP contribution in [-0.2, 0) is 4.74 Å². The van der Waals surface area contributed by atoms with Crippen molar-refractivity contribution in [3.8, 4) is 40.5 Å². The average Bonchev–Trinajstić information content (AvgIpc) is 3.36. The molecule has 3 N–H and O–H groups in total. The smallest absolute Gasteiger partial charge is 0.415 e. The quantitative estimate of drug-likeness (QED) is 0.536. The summed E-state index contributed by atoms with van der Waals surface area (Å²) >= 11 is 0. The van der Waals surface area contributed by atoms with Crippen LogP contribution in [0.15, 0.2) is 53.9 Å². The Kier molecular flexibility index (Phi) is 6.57. The van der Waals surface area contributed by atoms with Crippen LogP contribution in [0.25, 0.3) is 11.3 Å². The summed E-state index contributed by atoms with van der Waals surface area (Å²) in [6.45, 7) is 1.67.